The van der Waals surface area contributed by atoms with Gasteiger partial charge in [-0.15, -0.1) is 0 Å². The first-order valence-corrected chi connectivity index (χ1v) is 8.58. The van der Waals surface area contributed by atoms with Gasteiger partial charge in [0.05, 0.1) is 19.0 Å². The first-order chi connectivity index (χ1) is 12.2. The molecule has 1 aromatic heterocycles. The van der Waals surface area contributed by atoms with Crippen LogP contribution in [0.3, 0.4) is 0 Å². The Balaban J connectivity index is 1.61. The molecule has 1 N–H and O–H groups in total. The van der Waals surface area contributed by atoms with Crippen molar-refractivity contribution in [3.8, 4) is 5.75 Å². The topological polar surface area (TPSA) is 57.7 Å². The highest BCUT2D eigenvalue weighted by atomic mass is 16.5. The molecule has 6 nitrogen and oxygen atoms in total. The number of hydrogen-bond acceptors (Lipinski definition) is 5. The van der Waals surface area contributed by atoms with Crippen LogP contribution < -0.4 is 15.0 Å². The van der Waals surface area contributed by atoms with E-state index in [1.807, 2.05) is 18.2 Å². The molecule has 1 aromatic carbocycles. The molecule has 0 unspecified atom stereocenters. The highest BCUT2D eigenvalue weighted by Crippen LogP contribution is 2.18. The average Bonchev–Trinajstić information content (AvgIpc) is 2.68. The van der Waals surface area contributed by atoms with E-state index in [1.54, 1.807) is 31.5 Å². The molecule has 1 fully saturated rings. The van der Waals surface area contributed by atoms with Crippen molar-refractivity contribution in [3.05, 3.63) is 48.2 Å². The summed E-state index contributed by atoms with van der Waals surface area (Å²) in [6.45, 7) is 7.37. The lowest BCUT2D eigenvalue weighted by Gasteiger charge is -2.34. The minimum Gasteiger partial charge on any atom is -0.497 e. The molecule has 0 atom stereocenters. The number of carbonyl (C=O) groups is 1. The number of aromatic nitrogens is 1. The fourth-order valence-corrected chi connectivity index (χ4v) is 2.91. The molecular formula is C19H24N4O2. The van der Waals surface area contributed by atoms with Gasteiger partial charge in [-0.3, -0.25) is 4.79 Å². The van der Waals surface area contributed by atoms with Crippen molar-refractivity contribution in [2.45, 2.75) is 6.92 Å². The number of nitrogens with one attached hydrogen (secondary N) is 1. The van der Waals surface area contributed by atoms with E-state index in [4.69, 9.17) is 4.74 Å². The summed E-state index contributed by atoms with van der Waals surface area (Å²) in [6.07, 6.45) is 1.71. The number of benzene rings is 1. The summed E-state index contributed by atoms with van der Waals surface area (Å²) in [5.41, 5.74) is 1.24. The van der Waals surface area contributed by atoms with Crippen LogP contribution in [-0.2, 0) is 0 Å². The predicted octanol–water partition coefficient (Wildman–Crippen LogP) is 2.48. The van der Waals surface area contributed by atoms with Crippen LogP contribution in [0.2, 0.25) is 0 Å². The highest BCUT2D eigenvalue weighted by molar-refractivity contribution is 6.04. The Morgan fingerprint density at radius 3 is 2.64 bits per heavy atom. The standard InChI is InChI=1S/C19H24N4O2/c1-3-22-9-11-23(12-10-22)18-8-7-16(14-20-18)21-19(24)15-5-4-6-17(13-15)25-2/h4-8,13-14H,3,9-12H2,1-2H3,(H,21,24). The van der Waals surface area contributed by atoms with Gasteiger partial charge in [-0.2, -0.15) is 0 Å². The SMILES string of the molecule is CCN1CCN(c2ccc(NC(=O)c3cccc(OC)c3)cn2)CC1. The Labute approximate surface area is 148 Å². The molecule has 0 saturated carbocycles. The van der Waals surface area contributed by atoms with E-state index in [-0.39, 0.29) is 5.91 Å². The number of pyridine rings is 1. The minimum absolute atomic E-state index is 0.176. The van der Waals surface area contributed by atoms with Gasteiger partial charge in [0.15, 0.2) is 0 Å². The van der Waals surface area contributed by atoms with Crippen molar-refractivity contribution in [1.29, 1.82) is 0 Å². The van der Waals surface area contributed by atoms with Gasteiger partial charge in [-0.25, -0.2) is 4.98 Å². The molecule has 1 aliphatic rings. The van der Waals surface area contributed by atoms with Crippen molar-refractivity contribution >= 4 is 17.4 Å². The third kappa shape index (κ3) is 4.28. The molecule has 25 heavy (non-hydrogen) atoms. The Morgan fingerprint density at radius 1 is 1.20 bits per heavy atom. The number of anilines is 2. The number of nitrogens with zero attached hydrogens (tertiary/aromatic N) is 3. The lowest BCUT2D eigenvalue weighted by Crippen LogP contribution is -2.46. The van der Waals surface area contributed by atoms with E-state index in [0.29, 0.717) is 17.0 Å². The van der Waals surface area contributed by atoms with Crippen LogP contribution in [0, 0.1) is 0 Å². The zero-order chi connectivity index (χ0) is 17.6. The van der Waals surface area contributed by atoms with Gasteiger partial charge in [0, 0.05) is 31.7 Å². The monoisotopic (exact) mass is 340 g/mol. The summed E-state index contributed by atoms with van der Waals surface area (Å²) < 4.78 is 5.15. The van der Waals surface area contributed by atoms with Gasteiger partial charge in [0.1, 0.15) is 11.6 Å². The van der Waals surface area contributed by atoms with Crippen molar-refractivity contribution in [1.82, 2.24) is 9.88 Å². The van der Waals surface area contributed by atoms with Crippen molar-refractivity contribution < 1.29 is 9.53 Å². The number of methoxy groups -OCH3 is 1. The summed E-state index contributed by atoms with van der Waals surface area (Å²) in [5.74, 6) is 1.44. The molecule has 2 heterocycles. The van der Waals surface area contributed by atoms with Crippen molar-refractivity contribution in [2.75, 3.05) is 50.1 Å². The second-order valence-electron chi connectivity index (χ2n) is 6.01. The molecule has 1 aliphatic heterocycles. The largest absolute Gasteiger partial charge is 0.497 e. The van der Waals surface area contributed by atoms with E-state index in [9.17, 15) is 4.79 Å². The highest BCUT2D eigenvalue weighted by Gasteiger charge is 2.16. The third-order valence-electron chi connectivity index (χ3n) is 4.48. The number of amides is 1. The number of ether oxygens (including phenoxy) is 1. The third-order valence-corrected chi connectivity index (χ3v) is 4.48. The van der Waals surface area contributed by atoms with Crippen LogP contribution in [-0.4, -0.2) is 55.6 Å². The van der Waals surface area contributed by atoms with Crippen LogP contribution in [0.4, 0.5) is 11.5 Å². The fraction of sp³-hybridized carbons (Fsp3) is 0.368. The molecule has 0 spiro atoms. The summed E-state index contributed by atoms with van der Waals surface area (Å²) in [4.78, 5) is 21.5. The lowest BCUT2D eigenvalue weighted by atomic mass is 10.2. The molecule has 1 amide bonds. The van der Waals surface area contributed by atoms with E-state index in [0.717, 1.165) is 38.5 Å². The molecule has 1 saturated heterocycles. The maximum absolute atomic E-state index is 12.3. The van der Waals surface area contributed by atoms with Gasteiger partial charge in [-0.05, 0) is 36.9 Å². The van der Waals surface area contributed by atoms with Crippen molar-refractivity contribution in [3.63, 3.8) is 0 Å². The van der Waals surface area contributed by atoms with Crippen LogP contribution in [0.15, 0.2) is 42.6 Å². The Bertz CT molecular complexity index is 710. The number of rotatable bonds is 5. The normalized spacial score (nSPS) is 15.0. The Hall–Kier alpha value is -2.60. The molecule has 0 bridgehead atoms. The predicted molar refractivity (Wildman–Crippen MR) is 99.5 cm³/mol. The number of hydrogen-bond donors (Lipinski definition) is 1. The second-order valence-corrected chi connectivity index (χ2v) is 6.01. The fourth-order valence-electron chi connectivity index (χ4n) is 2.91. The van der Waals surface area contributed by atoms with Gasteiger partial charge in [0.2, 0.25) is 0 Å². The smallest absolute Gasteiger partial charge is 0.255 e. The van der Waals surface area contributed by atoms with E-state index < -0.39 is 0 Å². The molecular weight excluding hydrogens is 316 g/mol. The first-order valence-electron chi connectivity index (χ1n) is 8.58. The van der Waals surface area contributed by atoms with Gasteiger partial charge >= 0.3 is 0 Å². The van der Waals surface area contributed by atoms with Gasteiger partial charge in [0.25, 0.3) is 5.91 Å². The molecule has 0 radical (unpaired) electrons. The maximum atomic E-state index is 12.3. The second kappa shape index (κ2) is 7.98. The van der Waals surface area contributed by atoms with Gasteiger partial charge < -0.3 is 19.9 Å². The maximum Gasteiger partial charge on any atom is 0.255 e. The Kier molecular flexibility index (Phi) is 5.50. The van der Waals surface area contributed by atoms with Crippen molar-refractivity contribution in [2.24, 2.45) is 0 Å². The summed E-state index contributed by atoms with van der Waals surface area (Å²) in [6, 6.07) is 10.9. The summed E-state index contributed by atoms with van der Waals surface area (Å²) >= 11 is 0. The van der Waals surface area contributed by atoms with Gasteiger partial charge in [-0.1, -0.05) is 13.0 Å². The average molecular weight is 340 g/mol. The number of piperazine rings is 1. The van der Waals surface area contributed by atoms with Crippen LogP contribution in [0.1, 0.15) is 17.3 Å². The van der Waals surface area contributed by atoms with Crippen LogP contribution in [0.5, 0.6) is 5.75 Å². The summed E-state index contributed by atoms with van der Waals surface area (Å²) in [7, 11) is 1.58. The van der Waals surface area contributed by atoms with Crippen LogP contribution >= 0.6 is 0 Å². The Morgan fingerprint density at radius 2 is 2.00 bits per heavy atom. The molecule has 2 aromatic rings. The van der Waals surface area contributed by atoms with E-state index >= 15 is 0 Å². The van der Waals surface area contributed by atoms with E-state index in [1.165, 1.54) is 0 Å². The van der Waals surface area contributed by atoms with Crippen LogP contribution in [0.25, 0.3) is 0 Å². The zero-order valence-electron chi connectivity index (χ0n) is 14.7. The quantitative estimate of drug-likeness (QED) is 0.906. The lowest BCUT2D eigenvalue weighted by molar-refractivity contribution is 0.102. The first kappa shape index (κ1) is 17.2. The number of carbonyl (C=O) groups excluding carboxylic acids is 1. The molecule has 132 valence electrons. The molecule has 6 heteroatoms. The minimum atomic E-state index is -0.176. The van der Waals surface area contributed by atoms with E-state index in [2.05, 4.69) is 27.0 Å². The summed E-state index contributed by atoms with van der Waals surface area (Å²) in [5, 5.41) is 2.87. The molecule has 0 aliphatic carbocycles. The zero-order valence-corrected chi connectivity index (χ0v) is 14.7. The molecule has 3 rings (SSSR count). The number of likely N-dealkylation sites (N-methyl/N-ethyl adjacent to an activating group) is 1.